The van der Waals surface area contributed by atoms with Crippen LogP contribution in [-0.4, -0.2) is 21.5 Å². The molecule has 5 heteroatoms. The molecule has 0 amide bonds. The van der Waals surface area contributed by atoms with Crippen LogP contribution in [0, 0.1) is 0 Å². The standard InChI is InChI=1S/C24H21N5/c1-2-8-18(9-3-1)21-16-23(26-17-20-11-6-7-14-25-20)28-24(27-21)29-15-13-19-10-4-5-12-22(19)29/h1-12,14,16H,13,15,17H2,(H,26,27,28). The van der Waals surface area contributed by atoms with Crippen LogP contribution in [0.5, 0.6) is 0 Å². The molecule has 142 valence electrons. The molecule has 3 heterocycles. The number of nitrogens with one attached hydrogen (secondary N) is 1. The van der Waals surface area contributed by atoms with Crippen LogP contribution >= 0.6 is 0 Å². The SMILES string of the molecule is c1ccc(-c2cc(NCc3ccccn3)nc(N3CCc4ccccc43)n2)cc1. The Morgan fingerprint density at radius 3 is 2.55 bits per heavy atom. The average Bonchev–Trinajstić information content (AvgIpc) is 3.23. The molecule has 29 heavy (non-hydrogen) atoms. The fraction of sp³-hybridized carbons (Fsp3) is 0.125. The van der Waals surface area contributed by atoms with Gasteiger partial charge in [-0.3, -0.25) is 4.98 Å². The second-order valence-electron chi connectivity index (χ2n) is 7.01. The van der Waals surface area contributed by atoms with Crippen LogP contribution in [0.15, 0.2) is 85.1 Å². The predicted molar refractivity (Wildman–Crippen MR) is 116 cm³/mol. The summed E-state index contributed by atoms with van der Waals surface area (Å²) in [5, 5.41) is 3.42. The van der Waals surface area contributed by atoms with Crippen LogP contribution in [0.1, 0.15) is 11.3 Å². The molecule has 0 unspecified atom stereocenters. The molecule has 4 aromatic rings. The molecule has 2 aromatic carbocycles. The zero-order valence-electron chi connectivity index (χ0n) is 16.0. The normalized spacial score (nSPS) is 12.6. The fourth-order valence-corrected chi connectivity index (χ4v) is 3.63. The smallest absolute Gasteiger partial charge is 0.232 e. The molecule has 2 aromatic heterocycles. The molecule has 5 nitrogen and oxygen atoms in total. The maximum absolute atomic E-state index is 4.90. The number of anilines is 3. The summed E-state index contributed by atoms with van der Waals surface area (Å²) >= 11 is 0. The van der Waals surface area contributed by atoms with Crippen LogP contribution < -0.4 is 10.2 Å². The number of hydrogen-bond donors (Lipinski definition) is 1. The van der Waals surface area contributed by atoms with Crippen molar-refractivity contribution in [1.82, 2.24) is 15.0 Å². The van der Waals surface area contributed by atoms with E-state index in [0.717, 1.165) is 41.7 Å². The van der Waals surface area contributed by atoms with Crippen molar-refractivity contribution in [1.29, 1.82) is 0 Å². The van der Waals surface area contributed by atoms with Crippen molar-refractivity contribution in [2.24, 2.45) is 0 Å². The molecular weight excluding hydrogens is 358 g/mol. The van der Waals surface area contributed by atoms with Crippen LogP contribution in [0.2, 0.25) is 0 Å². The third kappa shape index (κ3) is 3.67. The first kappa shape index (κ1) is 17.4. The van der Waals surface area contributed by atoms with Gasteiger partial charge >= 0.3 is 0 Å². The molecular formula is C24H21N5. The van der Waals surface area contributed by atoms with Gasteiger partial charge in [-0.15, -0.1) is 0 Å². The molecule has 0 bridgehead atoms. The van der Waals surface area contributed by atoms with Crippen molar-refractivity contribution in [2.45, 2.75) is 13.0 Å². The number of nitrogens with zero attached hydrogens (tertiary/aromatic N) is 4. The van der Waals surface area contributed by atoms with Gasteiger partial charge in [0.1, 0.15) is 5.82 Å². The average molecular weight is 379 g/mol. The third-order valence-corrected chi connectivity index (χ3v) is 5.09. The van der Waals surface area contributed by atoms with Crippen LogP contribution in [0.25, 0.3) is 11.3 Å². The van der Waals surface area contributed by atoms with Gasteiger partial charge in [-0.05, 0) is 30.2 Å². The van der Waals surface area contributed by atoms with Crippen LogP contribution in [0.3, 0.4) is 0 Å². The lowest BCUT2D eigenvalue weighted by Gasteiger charge is -2.19. The Morgan fingerprint density at radius 2 is 1.69 bits per heavy atom. The van der Waals surface area contributed by atoms with Gasteiger partial charge in [0.15, 0.2) is 0 Å². The van der Waals surface area contributed by atoms with E-state index in [1.165, 1.54) is 11.3 Å². The maximum atomic E-state index is 4.90. The topological polar surface area (TPSA) is 53.9 Å². The van der Waals surface area contributed by atoms with Gasteiger partial charge < -0.3 is 10.2 Å². The predicted octanol–water partition coefficient (Wildman–Crippen LogP) is 4.84. The first-order valence-electron chi connectivity index (χ1n) is 9.80. The summed E-state index contributed by atoms with van der Waals surface area (Å²) < 4.78 is 0. The third-order valence-electron chi connectivity index (χ3n) is 5.09. The van der Waals surface area contributed by atoms with Gasteiger partial charge in [-0.25, -0.2) is 4.98 Å². The van der Waals surface area contributed by atoms with Crippen LogP contribution in [0.4, 0.5) is 17.5 Å². The molecule has 1 aliphatic heterocycles. The number of benzene rings is 2. The van der Waals surface area contributed by atoms with E-state index in [-0.39, 0.29) is 0 Å². The Morgan fingerprint density at radius 1 is 0.862 bits per heavy atom. The Labute approximate surface area is 170 Å². The summed E-state index contributed by atoms with van der Waals surface area (Å²) in [7, 11) is 0. The van der Waals surface area contributed by atoms with E-state index in [4.69, 9.17) is 9.97 Å². The van der Waals surface area contributed by atoms with Gasteiger partial charge in [0.2, 0.25) is 5.95 Å². The van der Waals surface area contributed by atoms with E-state index in [1.54, 1.807) is 6.20 Å². The van der Waals surface area contributed by atoms with Gasteiger partial charge in [0, 0.05) is 30.1 Å². The molecule has 1 aliphatic rings. The van der Waals surface area contributed by atoms with Gasteiger partial charge in [0.05, 0.1) is 17.9 Å². The fourth-order valence-electron chi connectivity index (χ4n) is 3.63. The number of rotatable bonds is 5. The largest absolute Gasteiger partial charge is 0.364 e. The quantitative estimate of drug-likeness (QED) is 0.537. The summed E-state index contributed by atoms with van der Waals surface area (Å²) in [5.41, 5.74) is 5.48. The minimum Gasteiger partial charge on any atom is -0.364 e. The second-order valence-corrected chi connectivity index (χ2v) is 7.01. The molecule has 5 rings (SSSR count). The second kappa shape index (κ2) is 7.72. The molecule has 0 spiro atoms. The van der Waals surface area contributed by atoms with Crippen molar-refractivity contribution < 1.29 is 0 Å². The summed E-state index contributed by atoms with van der Waals surface area (Å²) in [4.78, 5) is 16.3. The van der Waals surface area contributed by atoms with E-state index < -0.39 is 0 Å². The number of fused-ring (bicyclic) bond motifs is 1. The highest BCUT2D eigenvalue weighted by molar-refractivity contribution is 5.70. The number of para-hydroxylation sites is 1. The van der Waals surface area contributed by atoms with E-state index in [1.807, 2.05) is 42.5 Å². The van der Waals surface area contributed by atoms with Crippen molar-refractivity contribution in [3.63, 3.8) is 0 Å². The minimum absolute atomic E-state index is 0.613. The molecule has 0 radical (unpaired) electrons. The lowest BCUT2D eigenvalue weighted by molar-refractivity contribution is 0.935. The molecule has 0 saturated carbocycles. The Hall–Kier alpha value is -3.73. The lowest BCUT2D eigenvalue weighted by Crippen LogP contribution is -2.17. The molecule has 0 saturated heterocycles. The number of hydrogen-bond acceptors (Lipinski definition) is 5. The maximum Gasteiger partial charge on any atom is 0.232 e. The van der Waals surface area contributed by atoms with E-state index >= 15 is 0 Å². The molecule has 0 aliphatic carbocycles. The highest BCUT2D eigenvalue weighted by Gasteiger charge is 2.23. The number of pyridine rings is 1. The molecule has 0 fully saturated rings. The van der Waals surface area contributed by atoms with Crippen molar-refractivity contribution in [2.75, 3.05) is 16.8 Å². The van der Waals surface area contributed by atoms with Crippen LogP contribution in [-0.2, 0) is 13.0 Å². The van der Waals surface area contributed by atoms with E-state index in [9.17, 15) is 0 Å². The van der Waals surface area contributed by atoms with Gasteiger partial charge in [-0.1, -0.05) is 54.6 Å². The molecule has 0 atom stereocenters. The lowest BCUT2D eigenvalue weighted by atomic mass is 10.1. The Kier molecular flexibility index (Phi) is 4.62. The molecule has 1 N–H and O–H groups in total. The number of aromatic nitrogens is 3. The highest BCUT2D eigenvalue weighted by atomic mass is 15.3. The van der Waals surface area contributed by atoms with Crippen molar-refractivity contribution in [3.8, 4) is 11.3 Å². The summed E-state index contributed by atoms with van der Waals surface area (Å²) in [6.07, 6.45) is 2.81. The van der Waals surface area contributed by atoms with Crippen molar-refractivity contribution >= 4 is 17.5 Å². The summed E-state index contributed by atoms with van der Waals surface area (Å²) in [6.45, 7) is 1.50. The summed E-state index contributed by atoms with van der Waals surface area (Å²) in [6, 6.07) is 26.6. The highest BCUT2D eigenvalue weighted by Crippen LogP contribution is 2.34. The van der Waals surface area contributed by atoms with E-state index in [0.29, 0.717) is 6.54 Å². The monoisotopic (exact) mass is 379 g/mol. The minimum atomic E-state index is 0.613. The van der Waals surface area contributed by atoms with Crippen molar-refractivity contribution in [3.05, 3.63) is 96.3 Å². The first-order chi connectivity index (χ1) is 14.4. The first-order valence-corrected chi connectivity index (χ1v) is 9.80. The Balaban J connectivity index is 1.52. The van der Waals surface area contributed by atoms with Gasteiger partial charge in [-0.2, -0.15) is 4.98 Å². The Bertz CT molecular complexity index is 1110. The summed E-state index contributed by atoms with van der Waals surface area (Å²) in [5.74, 6) is 1.52. The van der Waals surface area contributed by atoms with Gasteiger partial charge in [0.25, 0.3) is 0 Å². The van der Waals surface area contributed by atoms with E-state index in [2.05, 4.69) is 51.6 Å². The zero-order valence-corrected chi connectivity index (χ0v) is 16.0. The zero-order chi connectivity index (χ0) is 19.5.